The van der Waals surface area contributed by atoms with Crippen molar-refractivity contribution in [2.75, 3.05) is 20.4 Å². The zero-order chi connectivity index (χ0) is 15.4. The maximum atomic E-state index is 12.0. The molecular weight excluding hydrogens is 274 g/mol. The first-order valence-corrected chi connectivity index (χ1v) is 6.82. The number of carboxylic acid groups (broad SMARTS) is 1. The van der Waals surface area contributed by atoms with Gasteiger partial charge in [-0.1, -0.05) is 13.0 Å². The fourth-order valence-corrected chi connectivity index (χ4v) is 2.13. The van der Waals surface area contributed by atoms with Gasteiger partial charge in [-0.3, -0.25) is 9.59 Å². The van der Waals surface area contributed by atoms with Crippen molar-refractivity contribution in [2.24, 2.45) is 5.92 Å². The summed E-state index contributed by atoms with van der Waals surface area (Å²) in [5, 5.41) is 8.85. The van der Waals surface area contributed by atoms with Crippen molar-refractivity contribution >= 4 is 11.9 Å². The summed E-state index contributed by atoms with van der Waals surface area (Å²) in [4.78, 5) is 24.2. The van der Waals surface area contributed by atoms with Crippen LogP contribution in [0.25, 0.3) is 0 Å². The highest BCUT2D eigenvalue weighted by Gasteiger charge is 2.18. The lowest BCUT2D eigenvalue weighted by Gasteiger charge is -2.19. The molecule has 1 aliphatic heterocycles. The number of nitrogens with zero attached hydrogens (tertiary/aromatic N) is 1. The second-order valence-corrected chi connectivity index (χ2v) is 5.20. The molecule has 1 aromatic rings. The smallest absolute Gasteiger partial charge is 0.308 e. The molecular formula is C15H19NO5. The van der Waals surface area contributed by atoms with E-state index in [1.807, 2.05) is 18.2 Å². The van der Waals surface area contributed by atoms with Crippen LogP contribution in [0.3, 0.4) is 0 Å². The van der Waals surface area contributed by atoms with Crippen molar-refractivity contribution in [1.29, 1.82) is 0 Å². The Morgan fingerprint density at radius 1 is 1.33 bits per heavy atom. The number of rotatable bonds is 6. The molecule has 1 N–H and O–H groups in total. The highest BCUT2D eigenvalue weighted by Crippen LogP contribution is 2.32. The van der Waals surface area contributed by atoms with Crippen LogP contribution in [-0.4, -0.2) is 42.3 Å². The summed E-state index contributed by atoms with van der Waals surface area (Å²) < 4.78 is 10.5. The first-order valence-electron chi connectivity index (χ1n) is 6.82. The molecule has 1 amide bonds. The number of hydrogen-bond donors (Lipinski definition) is 1. The van der Waals surface area contributed by atoms with Crippen molar-refractivity contribution in [3.05, 3.63) is 23.8 Å². The zero-order valence-corrected chi connectivity index (χ0v) is 12.2. The third-order valence-electron chi connectivity index (χ3n) is 3.46. The van der Waals surface area contributed by atoms with Gasteiger partial charge in [-0.05, 0) is 24.1 Å². The average molecular weight is 293 g/mol. The summed E-state index contributed by atoms with van der Waals surface area (Å²) in [6.45, 7) is 2.03. The van der Waals surface area contributed by atoms with Gasteiger partial charge < -0.3 is 19.5 Å². The molecule has 0 aliphatic carbocycles. The summed E-state index contributed by atoms with van der Waals surface area (Å²) in [5.41, 5.74) is 0.993. The molecule has 21 heavy (non-hydrogen) atoms. The molecule has 1 aromatic carbocycles. The predicted octanol–water partition coefficient (Wildman–Crippen LogP) is 1.53. The van der Waals surface area contributed by atoms with E-state index in [4.69, 9.17) is 14.6 Å². The van der Waals surface area contributed by atoms with E-state index >= 15 is 0 Å². The van der Waals surface area contributed by atoms with Crippen LogP contribution >= 0.6 is 0 Å². The number of ether oxygens (including phenoxy) is 2. The van der Waals surface area contributed by atoms with Crippen molar-refractivity contribution < 1.29 is 24.2 Å². The maximum Gasteiger partial charge on any atom is 0.308 e. The average Bonchev–Trinajstić information content (AvgIpc) is 2.91. The van der Waals surface area contributed by atoms with E-state index in [9.17, 15) is 9.59 Å². The Labute approximate surface area is 123 Å². The van der Waals surface area contributed by atoms with E-state index in [1.165, 1.54) is 4.90 Å². The van der Waals surface area contributed by atoms with Gasteiger partial charge in [0.05, 0.1) is 5.92 Å². The second-order valence-electron chi connectivity index (χ2n) is 5.20. The van der Waals surface area contributed by atoms with E-state index < -0.39 is 11.9 Å². The number of aryl methyl sites for hydroxylation is 1. The lowest BCUT2D eigenvalue weighted by atomic mass is 10.1. The number of benzene rings is 1. The minimum absolute atomic E-state index is 0.0687. The number of carbonyl (C=O) groups is 2. The predicted molar refractivity (Wildman–Crippen MR) is 75.3 cm³/mol. The van der Waals surface area contributed by atoms with Gasteiger partial charge in [-0.2, -0.15) is 0 Å². The van der Waals surface area contributed by atoms with Crippen molar-refractivity contribution in [2.45, 2.75) is 19.8 Å². The van der Waals surface area contributed by atoms with Crippen LogP contribution in [-0.2, 0) is 16.0 Å². The highest BCUT2D eigenvalue weighted by molar-refractivity contribution is 5.77. The molecule has 1 atom stereocenters. The topological polar surface area (TPSA) is 76.1 Å². The van der Waals surface area contributed by atoms with Crippen LogP contribution in [0.5, 0.6) is 11.5 Å². The molecule has 1 unspecified atom stereocenters. The summed E-state index contributed by atoms with van der Waals surface area (Å²) in [6, 6.07) is 5.61. The fourth-order valence-electron chi connectivity index (χ4n) is 2.13. The Bertz CT molecular complexity index is 543. The zero-order valence-electron chi connectivity index (χ0n) is 12.2. The molecule has 114 valence electrons. The number of fused-ring (bicyclic) bond motifs is 1. The van der Waals surface area contributed by atoms with Gasteiger partial charge >= 0.3 is 5.97 Å². The number of carbonyl (C=O) groups excluding carboxylic acids is 1. The number of amides is 1. The van der Waals surface area contributed by atoms with E-state index in [0.29, 0.717) is 18.6 Å². The third kappa shape index (κ3) is 3.87. The van der Waals surface area contributed by atoms with E-state index in [1.54, 1.807) is 14.0 Å². The van der Waals surface area contributed by atoms with E-state index in [0.717, 1.165) is 11.3 Å². The van der Waals surface area contributed by atoms with Crippen LogP contribution < -0.4 is 9.47 Å². The summed E-state index contributed by atoms with van der Waals surface area (Å²) in [5.74, 6) is -0.110. The quantitative estimate of drug-likeness (QED) is 0.860. The van der Waals surface area contributed by atoms with Gasteiger partial charge in [0, 0.05) is 20.0 Å². The number of hydrogen-bond acceptors (Lipinski definition) is 4. The van der Waals surface area contributed by atoms with Gasteiger partial charge in [0.2, 0.25) is 12.7 Å². The molecule has 0 spiro atoms. The minimum Gasteiger partial charge on any atom is -0.481 e. The van der Waals surface area contributed by atoms with Crippen LogP contribution in [0.4, 0.5) is 0 Å². The van der Waals surface area contributed by atoms with Gasteiger partial charge in [-0.25, -0.2) is 0 Å². The van der Waals surface area contributed by atoms with Gasteiger partial charge in [0.15, 0.2) is 11.5 Å². The fraction of sp³-hybridized carbons (Fsp3) is 0.467. The second kappa shape index (κ2) is 6.47. The third-order valence-corrected chi connectivity index (χ3v) is 3.46. The molecule has 6 heteroatoms. The number of carboxylic acids is 1. The normalized spacial score (nSPS) is 13.8. The maximum absolute atomic E-state index is 12.0. The monoisotopic (exact) mass is 293 g/mol. The van der Waals surface area contributed by atoms with Crippen LogP contribution in [0.1, 0.15) is 18.9 Å². The minimum atomic E-state index is -0.898. The summed E-state index contributed by atoms with van der Waals surface area (Å²) >= 11 is 0. The van der Waals surface area contributed by atoms with Gasteiger partial charge in [0.25, 0.3) is 0 Å². The molecule has 1 aliphatic rings. The Hall–Kier alpha value is -2.24. The molecule has 6 nitrogen and oxygen atoms in total. The molecule has 0 saturated heterocycles. The van der Waals surface area contributed by atoms with E-state index in [2.05, 4.69) is 0 Å². The summed E-state index contributed by atoms with van der Waals surface area (Å²) in [6.07, 6.45) is 0.920. The largest absolute Gasteiger partial charge is 0.481 e. The standard InChI is InChI=1S/C15H19NO5/c1-10(15(18)19)8-16(2)14(17)6-4-11-3-5-12-13(7-11)21-9-20-12/h3,5,7,10H,4,6,8-9H2,1-2H3,(H,18,19). The molecule has 2 rings (SSSR count). The van der Waals surface area contributed by atoms with Crippen molar-refractivity contribution in [1.82, 2.24) is 4.90 Å². The molecule has 0 bridgehead atoms. The Morgan fingerprint density at radius 3 is 2.76 bits per heavy atom. The van der Waals surface area contributed by atoms with Crippen LogP contribution in [0, 0.1) is 5.92 Å². The lowest BCUT2D eigenvalue weighted by Crippen LogP contribution is -2.33. The van der Waals surface area contributed by atoms with E-state index in [-0.39, 0.29) is 19.2 Å². The Kier molecular flexibility index (Phi) is 4.67. The number of aliphatic carboxylic acids is 1. The molecule has 1 heterocycles. The first-order chi connectivity index (χ1) is 9.97. The Morgan fingerprint density at radius 2 is 2.05 bits per heavy atom. The molecule has 0 fully saturated rings. The Balaban J connectivity index is 1.85. The van der Waals surface area contributed by atoms with Crippen LogP contribution in [0.15, 0.2) is 18.2 Å². The molecule has 0 radical (unpaired) electrons. The van der Waals surface area contributed by atoms with Crippen molar-refractivity contribution in [3.8, 4) is 11.5 Å². The van der Waals surface area contributed by atoms with Gasteiger partial charge in [-0.15, -0.1) is 0 Å². The highest BCUT2D eigenvalue weighted by atomic mass is 16.7. The summed E-state index contributed by atoms with van der Waals surface area (Å²) in [7, 11) is 1.63. The SMILES string of the molecule is CC(CN(C)C(=O)CCc1ccc2c(c1)OCO2)C(=O)O. The first kappa shape index (κ1) is 15.2. The molecule has 0 aromatic heterocycles. The van der Waals surface area contributed by atoms with Crippen molar-refractivity contribution in [3.63, 3.8) is 0 Å². The lowest BCUT2D eigenvalue weighted by molar-refractivity contribution is -0.142. The van der Waals surface area contributed by atoms with Gasteiger partial charge in [0.1, 0.15) is 0 Å². The van der Waals surface area contributed by atoms with Crippen LogP contribution in [0.2, 0.25) is 0 Å². The molecule has 0 saturated carbocycles.